The van der Waals surface area contributed by atoms with Crippen molar-refractivity contribution in [1.82, 2.24) is 10.2 Å². The highest BCUT2D eigenvalue weighted by Gasteiger charge is 2.10. The van der Waals surface area contributed by atoms with E-state index < -0.39 is 5.91 Å². The zero-order valence-corrected chi connectivity index (χ0v) is 8.73. The second kappa shape index (κ2) is 6.71. The summed E-state index contributed by atoms with van der Waals surface area (Å²) in [5, 5.41) is 2.15. The lowest BCUT2D eigenvalue weighted by Gasteiger charge is -2.16. The summed E-state index contributed by atoms with van der Waals surface area (Å²) < 4.78 is 0. The predicted octanol–water partition coefficient (Wildman–Crippen LogP) is 1.19. The molecule has 4 nitrogen and oxygen atoms in total. The molecule has 3 amide bonds. The maximum absolute atomic E-state index is 11.2. The highest BCUT2D eigenvalue weighted by molar-refractivity contribution is 6.28. The first-order chi connectivity index (χ1) is 6.11. The third-order valence-electron chi connectivity index (χ3n) is 1.56. The van der Waals surface area contributed by atoms with E-state index in [4.69, 9.17) is 11.6 Å². The van der Waals surface area contributed by atoms with Gasteiger partial charge in [-0.05, 0) is 6.42 Å². The van der Waals surface area contributed by atoms with Gasteiger partial charge in [-0.3, -0.25) is 10.1 Å². The highest BCUT2D eigenvalue weighted by atomic mass is 35.5. The van der Waals surface area contributed by atoms with Gasteiger partial charge >= 0.3 is 6.03 Å². The Labute approximate surface area is 83.2 Å². The number of hydrogen-bond acceptors (Lipinski definition) is 2. The number of halogens is 1. The van der Waals surface area contributed by atoms with E-state index in [1.807, 2.05) is 6.92 Å². The maximum Gasteiger partial charge on any atom is 0.323 e. The van der Waals surface area contributed by atoms with Crippen molar-refractivity contribution in [3.05, 3.63) is 0 Å². The molecule has 0 saturated carbocycles. The number of rotatable bonds is 4. The summed E-state index contributed by atoms with van der Waals surface area (Å²) in [7, 11) is 1.65. The summed E-state index contributed by atoms with van der Waals surface area (Å²) in [4.78, 5) is 23.3. The van der Waals surface area contributed by atoms with Gasteiger partial charge in [-0.2, -0.15) is 0 Å². The quantitative estimate of drug-likeness (QED) is 0.703. The van der Waals surface area contributed by atoms with Crippen molar-refractivity contribution in [2.45, 2.75) is 19.8 Å². The minimum absolute atomic E-state index is 0.187. The van der Waals surface area contributed by atoms with Gasteiger partial charge in [0.05, 0.1) is 0 Å². The third kappa shape index (κ3) is 5.47. The van der Waals surface area contributed by atoms with Gasteiger partial charge in [-0.15, -0.1) is 11.6 Å². The van der Waals surface area contributed by atoms with Crippen LogP contribution in [0.2, 0.25) is 0 Å². The van der Waals surface area contributed by atoms with E-state index in [1.165, 1.54) is 4.90 Å². The summed E-state index contributed by atoms with van der Waals surface area (Å²) >= 11 is 5.22. The minimum Gasteiger partial charge on any atom is -0.328 e. The largest absolute Gasteiger partial charge is 0.328 e. The van der Waals surface area contributed by atoms with E-state index in [9.17, 15) is 9.59 Å². The summed E-state index contributed by atoms with van der Waals surface area (Å²) in [6.45, 7) is 2.69. The minimum atomic E-state index is -0.463. The van der Waals surface area contributed by atoms with Crippen molar-refractivity contribution in [2.24, 2.45) is 0 Å². The lowest BCUT2D eigenvalue weighted by atomic mass is 10.3. The lowest BCUT2D eigenvalue weighted by Crippen LogP contribution is -2.41. The van der Waals surface area contributed by atoms with Crippen LogP contribution in [-0.2, 0) is 4.79 Å². The first-order valence-corrected chi connectivity index (χ1v) is 4.76. The highest BCUT2D eigenvalue weighted by Crippen LogP contribution is 1.92. The van der Waals surface area contributed by atoms with Crippen LogP contribution in [0.15, 0.2) is 0 Å². The van der Waals surface area contributed by atoms with Gasteiger partial charge in [0, 0.05) is 13.6 Å². The summed E-state index contributed by atoms with van der Waals surface area (Å²) in [5.41, 5.74) is 0. The lowest BCUT2D eigenvalue weighted by molar-refractivity contribution is -0.117. The Bertz CT molecular complexity index is 185. The molecule has 13 heavy (non-hydrogen) atoms. The average molecular weight is 207 g/mol. The van der Waals surface area contributed by atoms with Crippen LogP contribution in [0.4, 0.5) is 4.79 Å². The summed E-state index contributed by atoms with van der Waals surface area (Å²) in [5.74, 6) is -0.650. The fraction of sp³-hybridized carbons (Fsp3) is 0.750. The van der Waals surface area contributed by atoms with Gasteiger partial charge in [0.15, 0.2) is 0 Å². The molecule has 0 atom stereocenters. The number of nitrogens with zero attached hydrogens (tertiary/aromatic N) is 1. The van der Waals surface area contributed by atoms with Crippen molar-refractivity contribution in [3.63, 3.8) is 0 Å². The molecule has 0 bridgehead atoms. The molecule has 1 N–H and O–H groups in total. The SMILES string of the molecule is CCCCN(C)C(=O)NC(=O)CCl. The Hall–Kier alpha value is -0.770. The van der Waals surface area contributed by atoms with Crippen LogP contribution in [0.5, 0.6) is 0 Å². The number of alkyl halides is 1. The molecule has 0 saturated heterocycles. The molecule has 0 aromatic heterocycles. The fourth-order valence-corrected chi connectivity index (χ4v) is 0.812. The van der Waals surface area contributed by atoms with E-state index in [-0.39, 0.29) is 11.9 Å². The smallest absolute Gasteiger partial charge is 0.323 e. The van der Waals surface area contributed by atoms with Crippen molar-refractivity contribution in [2.75, 3.05) is 19.5 Å². The average Bonchev–Trinajstić information content (AvgIpc) is 2.13. The predicted molar refractivity (Wildman–Crippen MR) is 51.8 cm³/mol. The number of nitrogens with one attached hydrogen (secondary N) is 1. The molecule has 76 valence electrons. The van der Waals surface area contributed by atoms with Gasteiger partial charge in [-0.25, -0.2) is 4.79 Å². The first-order valence-electron chi connectivity index (χ1n) is 4.22. The molecule has 0 aromatic rings. The molecule has 0 heterocycles. The van der Waals surface area contributed by atoms with Crippen LogP contribution < -0.4 is 5.32 Å². The van der Waals surface area contributed by atoms with Crippen LogP contribution in [0.3, 0.4) is 0 Å². The van der Waals surface area contributed by atoms with Gasteiger partial charge in [0.25, 0.3) is 0 Å². The monoisotopic (exact) mass is 206 g/mol. The zero-order valence-electron chi connectivity index (χ0n) is 7.97. The van der Waals surface area contributed by atoms with Crippen molar-refractivity contribution in [1.29, 1.82) is 0 Å². The third-order valence-corrected chi connectivity index (χ3v) is 1.80. The molecule has 0 aliphatic rings. The zero-order chi connectivity index (χ0) is 10.3. The van der Waals surface area contributed by atoms with Gasteiger partial charge in [-0.1, -0.05) is 13.3 Å². The van der Waals surface area contributed by atoms with Gasteiger partial charge in [0.2, 0.25) is 5.91 Å². The molecule has 0 aliphatic heterocycles. The molecule has 0 unspecified atom stereocenters. The Kier molecular flexibility index (Phi) is 6.32. The Balaban J connectivity index is 3.75. The number of hydrogen-bond donors (Lipinski definition) is 1. The molecule has 0 radical (unpaired) electrons. The molecule has 0 aliphatic carbocycles. The summed E-state index contributed by atoms with van der Waals surface area (Å²) in [6, 6.07) is -0.390. The van der Waals surface area contributed by atoms with Crippen LogP contribution in [0, 0.1) is 0 Å². The molecule has 5 heteroatoms. The number of amides is 3. The van der Waals surface area contributed by atoms with Crippen molar-refractivity contribution < 1.29 is 9.59 Å². The van der Waals surface area contributed by atoms with Gasteiger partial charge < -0.3 is 4.90 Å². The van der Waals surface area contributed by atoms with E-state index in [2.05, 4.69) is 5.32 Å². The Morgan fingerprint density at radius 3 is 2.54 bits per heavy atom. The van der Waals surface area contributed by atoms with Crippen LogP contribution in [-0.4, -0.2) is 36.3 Å². The van der Waals surface area contributed by atoms with Crippen molar-refractivity contribution in [3.8, 4) is 0 Å². The van der Waals surface area contributed by atoms with E-state index >= 15 is 0 Å². The normalized spacial score (nSPS) is 9.46. The number of carbonyl (C=O) groups is 2. The first kappa shape index (κ1) is 12.2. The Morgan fingerprint density at radius 1 is 1.46 bits per heavy atom. The molecular formula is C8H15ClN2O2. The second-order valence-electron chi connectivity index (χ2n) is 2.76. The van der Waals surface area contributed by atoms with Crippen molar-refractivity contribution >= 4 is 23.5 Å². The van der Waals surface area contributed by atoms with E-state index in [0.717, 1.165) is 12.8 Å². The maximum atomic E-state index is 11.2. The number of unbranched alkanes of at least 4 members (excludes halogenated alkanes) is 1. The Morgan fingerprint density at radius 2 is 2.08 bits per heavy atom. The molecule has 0 spiro atoms. The van der Waals surface area contributed by atoms with E-state index in [0.29, 0.717) is 6.54 Å². The van der Waals surface area contributed by atoms with Crippen LogP contribution in [0.25, 0.3) is 0 Å². The molecule has 0 rings (SSSR count). The molecular weight excluding hydrogens is 192 g/mol. The van der Waals surface area contributed by atoms with E-state index in [1.54, 1.807) is 7.05 Å². The summed E-state index contributed by atoms with van der Waals surface area (Å²) in [6.07, 6.45) is 1.94. The van der Waals surface area contributed by atoms with Crippen LogP contribution in [0.1, 0.15) is 19.8 Å². The molecule has 0 fully saturated rings. The number of urea groups is 1. The number of imide groups is 1. The molecule has 0 aromatic carbocycles. The van der Waals surface area contributed by atoms with Gasteiger partial charge in [0.1, 0.15) is 5.88 Å². The second-order valence-corrected chi connectivity index (χ2v) is 3.03. The van der Waals surface area contributed by atoms with Crippen LogP contribution >= 0.6 is 11.6 Å². The number of carbonyl (C=O) groups excluding carboxylic acids is 2. The fourth-order valence-electron chi connectivity index (χ4n) is 0.745. The topological polar surface area (TPSA) is 49.4 Å². The standard InChI is InChI=1S/C8H15ClN2O2/c1-3-4-5-11(2)8(13)10-7(12)6-9/h3-6H2,1-2H3,(H,10,12,13).